The van der Waals surface area contributed by atoms with E-state index in [9.17, 15) is 13.2 Å². The van der Waals surface area contributed by atoms with Gasteiger partial charge in [0.05, 0.1) is 12.1 Å². The van der Waals surface area contributed by atoms with Gasteiger partial charge in [-0.05, 0) is 61.1 Å². The van der Waals surface area contributed by atoms with E-state index < -0.39 is 11.7 Å². The summed E-state index contributed by atoms with van der Waals surface area (Å²) in [4.78, 5) is 3.54. The van der Waals surface area contributed by atoms with Gasteiger partial charge in [-0.25, -0.2) is 0 Å². The number of alkyl halides is 3. The van der Waals surface area contributed by atoms with Crippen molar-refractivity contribution in [1.82, 2.24) is 35.3 Å². The van der Waals surface area contributed by atoms with Crippen LogP contribution in [0.2, 0.25) is 0 Å². The summed E-state index contributed by atoms with van der Waals surface area (Å²) in [5, 5.41) is 19.8. The number of piperidine rings is 1. The molecule has 0 bridgehead atoms. The average Bonchev–Trinajstić information content (AvgIpc) is 3.40. The van der Waals surface area contributed by atoms with E-state index >= 15 is 0 Å². The van der Waals surface area contributed by atoms with Crippen LogP contribution in [-0.2, 0) is 19.1 Å². The predicted molar refractivity (Wildman–Crippen MR) is 113 cm³/mol. The minimum absolute atomic E-state index is 0.127. The molecule has 3 heterocycles. The number of rotatable bonds is 7. The molecule has 0 aliphatic carbocycles. The lowest BCUT2D eigenvalue weighted by molar-refractivity contribution is -0.137. The molecular weight excluding hydrogens is 435 g/mol. The fraction of sp³-hybridized carbons (Fsp3) is 0.500. The lowest BCUT2D eigenvalue weighted by Gasteiger charge is -2.33. The van der Waals surface area contributed by atoms with Gasteiger partial charge in [0.1, 0.15) is 0 Å². The van der Waals surface area contributed by atoms with Crippen LogP contribution in [0.25, 0.3) is 0 Å². The summed E-state index contributed by atoms with van der Waals surface area (Å²) in [6.45, 7) is 9.47. The van der Waals surface area contributed by atoms with Crippen LogP contribution in [-0.4, -0.2) is 48.4 Å². The van der Waals surface area contributed by atoms with Gasteiger partial charge < -0.3 is 9.32 Å². The zero-order valence-electron chi connectivity index (χ0n) is 18.6. The highest BCUT2D eigenvalue weighted by atomic mass is 19.4. The Bertz CT molecular complexity index is 1110. The smallest absolute Gasteiger partial charge is 0.416 e. The van der Waals surface area contributed by atoms with Crippen LogP contribution in [0.1, 0.15) is 59.5 Å². The van der Waals surface area contributed by atoms with Crippen molar-refractivity contribution in [3.8, 4) is 0 Å². The van der Waals surface area contributed by atoms with Crippen LogP contribution in [0.5, 0.6) is 0 Å². The van der Waals surface area contributed by atoms with E-state index in [1.165, 1.54) is 10.9 Å². The molecule has 8 nitrogen and oxygen atoms in total. The molecule has 0 N–H and O–H groups in total. The number of nitrogens with zero attached hydrogens (tertiary/aromatic N) is 7. The molecule has 0 atom stereocenters. The maximum Gasteiger partial charge on any atom is 0.416 e. The largest absolute Gasteiger partial charge is 0.425 e. The highest BCUT2D eigenvalue weighted by Crippen LogP contribution is 2.32. The molecule has 0 radical (unpaired) electrons. The monoisotopic (exact) mass is 461 g/mol. The second-order valence-electron chi connectivity index (χ2n) is 8.34. The van der Waals surface area contributed by atoms with Gasteiger partial charge in [-0.2, -0.15) is 18.0 Å². The van der Waals surface area contributed by atoms with Gasteiger partial charge in [-0.3, -0.25) is 0 Å². The summed E-state index contributed by atoms with van der Waals surface area (Å²) in [6, 6.07) is 3.84. The van der Waals surface area contributed by atoms with Crippen molar-refractivity contribution in [1.29, 1.82) is 0 Å². The van der Waals surface area contributed by atoms with Crippen LogP contribution < -0.4 is 0 Å². The fourth-order valence-corrected chi connectivity index (χ4v) is 4.09. The van der Waals surface area contributed by atoms with Crippen LogP contribution in [0, 0.1) is 13.8 Å². The van der Waals surface area contributed by atoms with Crippen molar-refractivity contribution in [2.45, 2.75) is 58.2 Å². The Morgan fingerprint density at radius 1 is 1.12 bits per heavy atom. The molecule has 0 spiro atoms. The Kier molecular flexibility index (Phi) is 6.48. The molecule has 176 valence electrons. The van der Waals surface area contributed by atoms with Crippen molar-refractivity contribution in [3.05, 3.63) is 64.8 Å². The van der Waals surface area contributed by atoms with Crippen molar-refractivity contribution in [2.24, 2.45) is 0 Å². The Hall–Kier alpha value is -3.24. The molecule has 2 aromatic heterocycles. The van der Waals surface area contributed by atoms with E-state index in [1.54, 1.807) is 19.9 Å². The minimum Gasteiger partial charge on any atom is -0.425 e. The summed E-state index contributed by atoms with van der Waals surface area (Å²) < 4.78 is 45.4. The van der Waals surface area contributed by atoms with Gasteiger partial charge in [0.25, 0.3) is 0 Å². The molecule has 0 unspecified atom stereocenters. The second kappa shape index (κ2) is 9.32. The topological polar surface area (TPSA) is 85.8 Å². The second-order valence-corrected chi connectivity index (χ2v) is 8.34. The lowest BCUT2D eigenvalue weighted by Crippen LogP contribution is -2.32. The highest BCUT2D eigenvalue weighted by Gasteiger charge is 2.31. The van der Waals surface area contributed by atoms with Crippen molar-refractivity contribution in [2.75, 3.05) is 13.1 Å². The van der Waals surface area contributed by atoms with Crippen LogP contribution in [0.3, 0.4) is 0 Å². The molecule has 33 heavy (non-hydrogen) atoms. The van der Waals surface area contributed by atoms with E-state index in [4.69, 9.17) is 4.42 Å². The maximum absolute atomic E-state index is 13.3. The molecule has 4 rings (SSSR count). The van der Waals surface area contributed by atoms with Gasteiger partial charge in [0.2, 0.25) is 11.8 Å². The molecule has 1 aromatic carbocycles. The molecule has 1 aliphatic heterocycles. The van der Waals surface area contributed by atoms with Crippen LogP contribution >= 0.6 is 0 Å². The molecular formula is C22H26F3N7O. The SMILES string of the molecule is C=C(CCc1ccc(C(F)(F)F)cc1Cn1nnc(C)n1)N1CCC(c2nnc(C)o2)CC1. The fourth-order valence-electron chi connectivity index (χ4n) is 4.09. The number of hydrogen-bond donors (Lipinski definition) is 0. The van der Waals surface area contributed by atoms with Gasteiger partial charge in [-0.15, -0.1) is 20.4 Å². The molecule has 3 aromatic rings. The quantitative estimate of drug-likeness (QED) is 0.524. The van der Waals surface area contributed by atoms with E-state index in [-0.39, 0.29) is 12.5 Å². The van der Waals surface area contributed by atoms with Crippen molar-refractivity contribution < 1.29 is 17.6 Å². The number of hydrogen-bond acceptors (Lipinski definition) is 7. The van der Waals surface area contributed by atoms with Gasteiger partial charge in [0, 0.05) is 31.6 Å². The standard InChI is InChI=1S/C22H26F3N7O/c1-14(31-10-8-18(9-11-31)21-28-27-16(3)33-21)4-5-17-6-7-20(22(23,24)25)12-19(17)13-32-29-15(2)26-30-32/h6-7,12,18H,1,4-5,8-11,13H2,2-3H3. The number of likely N-dealkylation sites (tertiary alicyclic amines) is 1. The van der Waals surface area contributed by atoms with Crippen molar-refractivity contribution in [3.63, 3.8) is 0 Å². The Morgan fingerprint density at radius 3 is 2.48 bits per heavy atom. The van der Waals surface area contributed by atoms with Gasteiger partial charge in [-0.1, -0.05) is 12.6 Å². The minimum atomic E-state index is -4.41. The Labute approximate surface area is 189 Å². The molecule has 1 saturated heterocycles. The number of aryl methyl sites for hydroxylation is 3. The first-order valence-electron chi connectivity index (χ1n) is 10.8. The van der Waals surface area contributed by atoms with Gasteiger partial charge >= 0.3 is 6.18 Å². The number of allylic oxidation sites excluding steroid dienone is 1. The van der Waals surface area contributed by atoms with Crippen LogP contribution in [0.4, 0.5) is 13.2 Å². The summed E-state index contributed by atoms with van der Waals surface area (Å²) in [6.07, 6.45) is -1.41. The predicted octanol–water partition coefficient (Wildman–Crippen LogP) is 4.07. The zero-order chi connectivity index (χ0) is 23.6. The third-order valence-electron chi connectivity index (χ3n) is 5.91. The number of benzene rings is 1. The third kappa shape index (κ3) is 5.58. The molecule has 1 fully saturated rings. The van der Waals surface area contributed by atoms with Gasteiger partial charge in [0.15, 0.2) is 5.82 Å². The highest BCUT2D eigenvalue weighted by molar-refractivity contribution is 5.34. The summed E-state index contributed by atoms with van der Waals surface area (Å²) in [5.41, 5.74) is 1.63. The number of aromatic nitrogens is 6. The number of halogens is 3. The molecule has 1 aliphatic rings. The Balaban J connectivity index is 1.40. The first-order valence-corrected chi connectivity index (χ1v) is 10.8. The van der Waals surface area contributed by atoms with E-state index in [0.717, 1.165) is 43.3 Å². The van der Waals surface area contributed by atoms with E-state index in [1.807, 2.05) is 0 Å². The molecule has 0 amide bonds. The Morgan fingerprint density at radius 2 is 1.88 bits per heavy atom. The van der Waals surface area contributed by atoms with E-state index in [2.05, 4.69) is 37.1 Å². The van der Waals surface area contributed by atoms with Crippen molar-refractivity contribution >= 4 is 0 Å². The molecule has 11 heteroatoms. The van der Waals surface area contributed by atoms with Crippen LogP contribution in [0.15, 0.2) is 34.9 Å². The van der Waals surface area contributed by atoms with E-state index in [0.29, 0.717) is 36.0 Å². The summed E-state index contributed by atoms with van der Waals surface area (Å²) in [5.74, 6) is 1.97. The average molecular weight is 461 g/mol. The third-order valence-corrected chi connectivity index (χ3v) is 5.91. The zero-order valence-corrected chi connectivity index (χ0v) is 18.6. The lowest BCUT2D eigenvalue weighted by atomic mass is 9.95. The first kappa shape index (κ1) is 22.9. The molecule has 0 saturated carbocycles. The summed E-state index contributed by atoms with van der Waals surface area (Å²) >= 11 is 0. The normalized spacial score (nSPS) is 15.2. The summed E-state index contributed by atoms with van der Waals surface area (Å²) in [7, 11) is 0. The number of tetrazole rings is 1. The first-order chi connectivity index (χ1) is 15.7. The maximum atomic E-state index is 13.3.